The first kappa shape index (κ1) is 15.2. The number of benzene rings is 1. The number of hydrogen-bond donors (Lipinski definition) is 2. The van der Waals surface area contributed by atoms with Gasteiger partial charge in [-0.05, 0) is 31.5 Å². The second-order valence-corrected chi connectivity index (χ2v) is 3.85. The molecule has 0 bridgehead atoms. The number of aliphatic hydroxyl groups is 1. The van der Waals surface area contributed by atoms with Crippen molar-refractivity contribution >= 4 is 5.91 Å². The average molecular weight is 261 g/mol. The molecule has 1 aromatic rings. The average Bonchev–Trinajstić information content (AvgIpc) is 2.45. The monoisotopic (exact) mass is 261 g/mol. The molecule has 0 unspecified atom stereocenters. The molecule has 0 heterocycles. The van der Waals surface area contributed by atoms with Crippen LogP contribution < -0.4 is 5.32 Å². The third-order valence-electron chi connectivity index (χ3n) is 2.39. The quantitative estimate of drug-likeness (QED) is 0.597. The van der Waals surface area contributed by atoms with E-state index in [0.717, 1.165) is 12.0 Å². The molecule has 1 amide bonds. The number of ether oxygens (including phenoxy) is 1. The van der Waals surface area contributed by atoms with Crippen molar-refractivity contribution in [2.75, 3.05) is 26.4 Å². The van der Waals surface area contributed by atoms with E-state index in [4.69, 9.17) is 9.84 Å². The molecule has 0 saturated heterocycles. The Morgan fingerprint density at radius 3 is 3.05 bits per heavy atom. The Kier molecular flexibility index (Phi) is 7.33. The van der Waals surface area contributed by atoms with E-state index in [2.05, 4.69) is 17.2 Å². The molecule has 0 saturated carbocycles. The molecule has 0 aliphatic rings. The van der Waals surface area contributed by atoms with Crippen LogP contribution in [0.25, 0.3) is 0 Å². The zero-order chi connectivity index (χ0) is 13.9. The molecule has 0 aliphatic carbocycles. The van der Waals surface area contributed by atoms with Crippen LogP contribution in [0.15, 0.2) is 24.3 Å². The fraction of sp³-hybridized carbons (Fsp3) is 0.400. The van der Waals surface area contributed by atoms with Crippen LogP contribution in [-0.2, 0) is 4.74 Å². The number of carbonyl (C=O) groups is 1. The molecule has 0 aliphatic heterocycles. The van der Waals surface area contributed by atoms with E-state index in [0.29, 0.717) is 25.3 Å². The molecule has 4 heteroatoms. The fourth-order valence-electron chi connectivity index (χ4n) is 1.50. The maximum atomic E-state index is 11.9. The molecule has 0 spiro atoms. The van der Waals surface area contributed by atoms with E-state index < -0.39 is 0 Å². The topological polar surface area (TPSA) is 58.6 Å². The van der Waals surface area contributed by atoms with Crippen LogP contribution >= 0.6 is 0 Å². The lowest BCUT2D eigenvalue weighted by molar-refractivity contribution is 0.0944. The normalized spacial score (nSPS) is 9.58. The van der Waals surface area contributed by atoms with Gasteiger partial charge in [-0.25, -0.2) is 0 Å². The largest absolute Gasteiger partial charge is 0.384 e. The van der Waals surface area contributed by atoms with E-state index in [1.165, 1.54) is 0 Å². The van der Waals surface area contributed by atoms with Crippen LogP contribution in [0.5, 0.6) is 0 Å². The molecule has 102 valence electrons. The highest BCUT2D eigenvalue weighted by Crippen LogP contribution is 2.04. The van der Waals surface area contributed by atoms with Gasteiger partial charge in [0.05, 0.1) is 0 Å². The number of aliphatic hydroxyl groups excluding tert-OH is 1. The van der Waals surface area contributed by atoms with Crippen molar-refractivity contribution in [2.45, 2.75) is 13.3 Å². The number of carbonyl (C=O) groups excluding carboxylic acids is 1. The highest BCUT2D eigenvalue weighted by Gasteiger charge is 2.04. The molecule has 0 fully saturated rings. The molecule has 19 heavy (non-hydrogen) atoms. The Balaban J connectivity index is 2.48. The molecular weight excluding hydrogens is 242 g/mol. The minimum Gasteiger partial charge on any atom is -0.384 e. The summed E-state index contributed by atoms with van der Waals surface area (Å²) in [7, 11) is 0. The van der Waals surface area contributed by atoms with E-state index in [-0.39, 0.29) is 12.5 Å². The van der Waals surface area contributed by atoms with Crippen molar-refractivity contribution in [1.82, 2.24) is 5.32 Å². The summed E-state index contributed by atoms with van der Waals surface area (Å²) >= 11 is 0. The zero-order valence-electron chi connectivity index (χ0n) is 11.1. The maximum absolute atomic E-state index is 11.9. The smallest absolute Gasteiger partial charge is 0.251 e. The van der Waals surface area contributed by atoms with Crippen molar-refractivity contribution < 1.29 is 14.6 Å². The predicted octanol–water partition coefficient (Wildman–Crippen LogP) is 1.19. The van der Waals surface area contributed by atoms with E-state index in [1.54, 1.807) is 24.3 Å². The summed E-state index contributed by atoms with van der Waals surface area (Å²) in [6.45, 7) is 3.69. The number of rotatable bonds is 6. The first-order valence-corrected chi connectivity index (χ1v) is 6.33. The zero-order valence-corrected chi connectivity index (χ0v) is 11.1. The minimum absolute atomic E-state index is 0.121. The third-order valence-corrected chi connectivity index (χ3v) is 2.39. The summed E-state index contributed by atoms with van der Waals surface area (Å²) in [5.41, 5.74) is 1.29. The molecular formula is C15H19NO3. The van der Waals surface area contributed by atoms with Crippen molar-refractivity contribution in [3.63, 3.8) is 0 Å². The van der Waals surface area contributed by atoms with Gasteiger partial charge in [0.1, 0.15) is 6.61 Å². The predicted molar refractivity (Wildman–Crippen MR) is 73.8 cm³/mol. The van der Waals surface area contributed by atoms with Crippen LogP contribution in [0.1, 0.15) is 29.3 Å². The summed E-state index contributed by atoms with van der Waals surface area (Å²) in [6, 6.07) is 7.02. The lowest BCUT2D eigenvalue weighted by atomic mass is 10.1. The fourth-order valence-corrected chi connectivity index (χ4v) is 1.50. The van der Waals surface area contributed by atoms with Gasteiger partial charge >= 0.3 is 0 Å². The van der Waals surface area contributed by atoms with E-state index >= 15 is 0 Å². The van der Waals surface area contributed by atoms with E-state index in [1.807, 2.05) is 6.92 Å². The molecule has 4 nitrogen and oxygen atoms in total. The Morgan fingerprint density at radius 2 is 2.32 bits per heavy atom. The highest BCUT2D eigenvalue weighted by atomic mass is 16.5. The van der Waals surface area contributed by atoms with Crippen LogP contribution in [0.4, 0.5) is 0 Å². The van der Waals surface area contributed by atoms with Gasteiger partial charge in [0.2, 0.25) is 0 Å². The van der Waals surface area contributed by atoms with Gasteiger partial charge in [0, 0.05) is 30.9 Å². The Bertz CT molecular complexity index is 460. The van der Waals surface area contributed by atoms with Gasteiger partial charge in [-0.2, -0.15) is 0 Å². The van der Waals surface area contributed by atoms with Gasteiger partial charge in [0.25, 0.3) is 5.91 Å². The van der Waals surface area contributed by atoms with E-state index in [9.17, 15) is 4.79 Å². The van der Waals surface area contributed by atoms with Gasteiger partial charge < -0.3 is 15.2 Å². The van der Waals surface area contributed by atoms with Crippen LogP contribution in [0.3, 0.4) is 0 Å². The second-order valence-electron chi connectivity index (χ2n) is 3.85. The minimum atomic E-state index is -0.187. The maximum Gasteiger partial charge on any atom is 0.251 e. The highest BCUT2D eigenvalue weighted by molar-refractivity contribution is 5.94. The Morgan fingerprint density at radius 1 is 1.47 bits per heavy atom. The van der Waals surface area contributed by atoms with Crippen LogP contribution in [0, 0.1) is 11.8 Å². The molecule has 1 rings (SSSR count). The number of amides is 1. The summed E-state index contributed by atoms with van der Waals surface area (Å²) in [4.78, 5) is 11.9. The van der Waals surface area contributed by atoms with Crippen molar-refractivity contribution in [3.8, 4) is 11.8 Å². The molecule has 0 atom stereocenters. The summed E-state index contributed by atoms with van der Waals surface area (Å²) in [6.07, 6.45) is 0.795. The van der Waals surface area contributed by atoms with Gasteiger partial charge in [-0.3, -0.25) is 4.79 Å². The summed E-state index contributed by atoms with van der Waals surface area (Å²) < 4.78 is 5.19. The second kappa shape index (κ2) is 9.15. The lowest BCUT2D eigenvalue weighted by Crippen LogP contribution is -2.25. The first-order chi connectivity index (χ1) is 9.27. The standard InChI is InChI=1S/C15H19NO3/c1-2-19-11-5-9-16-15(18)14-8-3-6-13(12-14)7-4-10-17/h3,6,8,12,17H,2,5,9-11H2,1H3,(H,16,18). The molecule has 1 aromatic carbocycles. The Hall–Kier alpha value is -1.83. The van der Waals surface area contributed by atoms with Crippen molar-refractivity contribution in [2.24, 2.45) is 0 Å². The van der Waals surface area contributed by atoms with Gasteiger partial charge in [-0.1, -0.05) is 17.9 Å². The van der Waals surface area contributed by atoms with Crippen LogP contribution in [-0.4, -0.2) is 37.4 Å². The number of nitrogens with one attached hydrogen (secondary N) is 1. The Labute approximate surface area is 113 Å². The van der Waals surface area contributed by atoms with Gasteiger partial charge in [0.15, 0.2) is 0 Å². The first-order valence-electron chi connectivity index (χ1n) is 6.33. The molecule has 0 radical (unpaired) electrons. The summed E-state index contributed by atoms with van der Waals surface area (Å²) in [5, 5.41) is 11.5. The SMILES string of the molecule is CCOCCCNC(=O)c1cccc(C#CCO)c1. The van der Waals surface area contributed by atoms with Crippen molar-refractivity contribution in [1.29, 1.82) is 0 Å². The lowest BCUT2D eigenvalue weighted by Gasteiger charge is -2.05. The van der Waals surface area contributed by atoms with Crippen molar-refractivity contribution in [3.05, 3.63) is 35.4 Å². The van der Waals surface area contributed by atoms with Crippen LogP contribution in [0.2, 0.25) is 0 Å². The van der Waals surface area contributed by atoms with Gasteiger partial charge in [-0.15, -0.1) is 0 Å². The molecule has 2 N–H and O–H groups in total. The summed E-state index contributed by atoms with van der Waals surface area (Å²) in [5.74, 6) is 5.21. The number of hydrogen-bond acceptors (Lipinski definition) is 3. The third kappa shape index (κ3) is 6.05. The molecule has 0 aromatic heterocycles.